The van der Waals surface area contributed by atoms with Gasteiger partial charge in [0, 0.05) is 19.1 Å². The van der Waals surface area contributed by atoms with E-state index >= 15 is 0 Å². The highest BCUT2D eigenvalue weighted by Gasteiger charge is 2.24. The third-order valence-electron chi connectivity index (χ3n) is 3.39. The van der Waals surface area contributed by atoms with E-state index in [1.807, 2.05) is 4.90 Å². The van der Waals surface area contributed by atoms with E-state index in [-0.39, 0.29) is 11.9 Å². The second kappa shape index (κ2) is 6.21. The number of amides is 1. The summed E-state index contributed by atoms with van der Waals surface area (Å²) >= 11 is 0. The molecule has 1 atom stereocenters. The molecule has 1 heterocycles. The molecule has 1 saturated heterocycles. The van der Waals surface area contributed by atoms with Gasteiger partial charge in [0.15, 0.2) is 0 Å². The van der Waals surface area contributed by atoms with Crippen molar-refractivity contribution >= 4 is 5.91 Å². The summed E-state index contributed by atoms with van der Waals surface area (Å²) in [6.07, 6.45) is 2.93. The van der Waals surface area contributed by atoms with Crippen molar-refractivity contribution in [1.82, 2.24) is 9.80 Å². The van der Waals surface area contributed by atoms with Gasteiger partial charge in [-0.05, 0) is 46.7 Å². The average Bonchev–Trinajstić information content (AvgIpc) is 2.24. The normalized spacial score (nSPS) is 22.2. The molecule has 1 fully saturated rings. The van der Waals surface area contributed by atoms with Crippen LogP contribution < -0.4 is 5.73 Å². The molecule has 0 aliphatic carbocycles. The Morgan fingerprint density at radius 3 is 2.88 bits per heavy atom. The molecular weight excluding hydrogens is 202 g/mol. The first-order chi connectivity index (χ1) is 7.52. The second-order valence-electron chi connectivity index (χ2n) is 5.00. The summed E-state index contributed by atoms with van der Waals surface area (Å²) in [6, 6.07) is 0.316. The molecule has 1 amide bonds. The molecule has 1 unspecified atom stereocenters. The van der Waals surface area contributed by atoms with E-state index in [0.29, 0.717) is 6.04 Å². The molecular formula is C12H25N3O. The lowest BCUT2D eigenvalue weighted by Gasteiger charge is -2.31. The van der Waals surface area contributed by atoms with Crippen molar-refractivity contribution in [2.45, 2.75) is 45.2 Å². The minimum Gasteiger partial charge on any atom is -0.341 e. The summed E-state index contributed by atoms with van der Waals surface area (Å²) < 4.78 is 0. The van der Waals surface area contributed by atoms with Crippen LogP contribution in [-0.2, 0) is 4.79 Å². The van der Waals surface area contributed by atoms with Crippen LogP contribution in [0.4, 0.5) is 0 Å². The number of carbonyl (C=O) groups is 1. The number of hydrogen-bond acceptors (Lipinski definition) is 3. The molecule has 16 heavy (non-hydrogen) atoms. The predicted octanol–water partition coefficient (Wildman–Crippen LogP) is 0.666. The summed E-state index contributed by atoms with van der Waals surface area (Å²) in [5.41, 5.74) is 5.75. The first-order valence-corrected chi connectivity index (χ1v) is 6.27. The zero-order valence-corrected chi connectivity index (χ0v) is 10.8. The Labute approximate surface area is 98.8 Å². The highest BCUT2D eigenvalue weighted by molar-refractivity contribution is 5.82. The minimum absolute atomic E-state index is 0.137. The number of nitrogens with two attached hydrogens (primary N) is 1. The van der Waals surface area contributed by atoms with Gasteiger partial charge in [0.25, 0.3) is 0 Å². The number of piperidine rings is 1. The van der Waals surface area contributed by atoms with E-state index < -0.39 is 0 Å². The fourth-order valence-corrected chi connectivity index (χ4v) is 1.96. The third kappa shape index (κ3) is 3.76. The topological polar surface area (TPSA) is 49.6 Å². The van der Waals surface area contributed by atoms with Gasteiger partial charge in [-0.3, -0.25) is 4.79 Å². The number of nitrogens with zero attached hydrogens (tertiary/aromatic N) is 2. The Bertz CT molecular complexity index is 230. The molecule has 4 nitrogen and oxygen atoms in total. The summed E-state index contributed by atoms with van der Waals surface area (Å²) in [5, 5.41) is 0. The highest BCUT2D eigenvalue weighted by Crippen LogP contribution is 2.10. The van der Waals surface area contributed by atoms with Gasteiger partial charge in [-0.2, -0.15) is 0 Å². The predicted molar refractivity (Wildman–Crippen MR) is 66.2 cm³/mol. The van der Waals surface area contributed by atoms with Gasteiger partial charge in [-0.1, -0.05) is 0 Å². The zero-order valence-electron chi connectivity index (χ0n) is 10.8. The monoisotopic (exact) mass is 227 g/mol. The molecule has 0 spiro atoms. The van der Waals surface area contributed by atoms with Crippen LogP contribution in [0.25, 0.3) is 0 Å². The Kier molecular flexibility index (Phi) is 5.22. The van der Waals surface area contributed by atoms with Gasteiger partial charge >= 0.3 is 0 Å². The van der Waals surface area contributed by atoms with Crippen LogP contribution in [0.3, 0.4) is 0 Å². The second-order valence-corrected chi connectivity index (χ2v) is 5.00. The lowest BCUT2D eigenvalue weighted by Crippen LogP contribution is -2.49. The maximum absolute atomic E-state index is 11.7. The van der Waals surface area contributed by atoms with E-state index in [1.54, 1.807) is 0 Å². The van der Waals surface area contributed by atoms with Crippen molar-refractivity contribution < 1.29 is 4.79 Å². The third-order valence-corrected chi connectivity index (χ3v) is 3.39. The van der Waals surface area contributed by atoms with Crippen LogP contribution in [0, 0.1) is 0 Å². The van der Waals surface area contributed by atoms with Gasteiger partial charge in [-0.25, -0.2) is 0 Å². The Morgan fingerprint density at radius 1 is 1.56 bits per heavy atom. The number of carbonyl (C=O) groups excluding carboxylic acids is 1. The molecule has 0 saturated carbocycles. The molecule has 0 aromatic rings. The van der Waals surface area contributed by atoms with E-state index in [9.17, 15) is 4.79 Å². The largest absolute Gasteiger partial charge is 0.341 e. The summed E-state index contributed by atoms with van der Waals surface area (Å²) in [4.78, 5) is 15.9. The first-order valence-electron chi connectivity index (χ1n) is 6.27. The minimum atomic E-state index is -0.253. The highest BCUT2D eigenvalue weighted by atomic mass is 16.2. The van der Waals surface area contributed by atoms with Crippen molar-refractivity contribution in [3.8, 4) is 0 Å². The SMILES string of the molecule is CC(C)N(C)CCCN1CCCC(N)C1=O. The molecule has 0 radical (unpaired) electrons. The zero-order chi connectivity index (χ0) is 12.1. The summed E-state index contributed by atoms with van der Waals surface area (Å²) in [7, 11) is 2.12. The van der Waals surface area contributed by atoms with E-state index in [0.717, 1.165) is 38.9 Å². The molecule has 1 aliphatic rings. The van der Waals surface area contributed by atoms with Crippen molar-refractivity contribution in [3.63, 3.8) is 0 Å². The van der Waals surface area contributed by atoms with Crippen LogP contribution in [0.15, 0.2) is 0 Å². The molecule has 4 heteroatoms. The van der Waals surface area contributed by atoms with Crippen molar-refractivity contribution in [1.29, 1.82) is 0 Å². The van der Waals surface area contributed by atoms with Crippen molar-refractivity contribution in [2.24, 2.45) is 5.73 Å². The van der Waals surface area contributed by atoms with Gasteiger partial charge in [-0.15, -0.1) is 0 Å². The lowest BCUT2D eigenvalue weighted by molar-refractivity contribution is -0.135. The van der Waals surface area contributed by atoms with Gasteiger partial charge < -0.3 is 15.5 Å². The van der Waals surface area contributed by atoms with Gasteiger partial charge in [0.05, 0.1) is 6.04 Å². The molecule has 0 bridgehead atoms. The van der Waals surface area contributed by atoms with Gasteiger partial charge in [0.2, 0.25) is 5.91 Å². The maximum Gasteiger partial charge on any atom is 0.239 e. The summed E-state index contributed by atoms with van der Waals surface area (Å²) in [5.74, 6) is 0.137. The number of hydrogen-bond donors (Lipinski definition) is 1. The fraction of sp³-hybridized carbons (Fsp3) is 0.917. The molecule has 1 rings (SSSR count). The van der Waals surface area contributed by atoms with Crippen LogP contribution in [0.1, 0.15) is 33.1 Å². The summed E-state index contributed by atoms with van der Waals surface area (Å²) in [6.45, 7) is 7.14. The molecule has 94 valence electrons. The van der Waals surface area contributed by atoms with Crippen LogP contribution in [0.5, 0.6) is 0 Å². The lowest BCUT2D eigenvalue weighted by atomic mass is 10.1. The smallest absolute Gasteiger partial charge is 0.239 e. The Hall–Kier alpha value is -0.610. The Balaban J connectivity index is 2.24. The number of likely N-dealkylation sites (tertiary alicyclic amines) is 1. The molecule has 0 aromatic heterocycles. The van der Waals surface area contributed by atoms with Crippen molar-refractivity contribution in [2.75, 3.05) is 26.7 Å². The van der Waals surface area contributed by atoms with Crippen LogP contribution in [-0.4, -0.2) is 54.5 Å². The molecule has 0 aromatic carbocycles. The quantitative estimate of drug-likeness (QED) is 0.751. The maximum atomic E-state index is 11.7. The van der Waals surface area contributed by atoms with Gasteiger partial charge in [0.1, 0.15) is 0 Å². The molecule has 1 aliphatic heterocycles. The van der Waals surface area contributed by atoms with Crippen LogP contribution in [0.2, 0.25) is 0 Å². The Morgan fingerprint density at radius 2 is 2.25 bits per heavy atom. The van der Waals surface area contributed by atoms with E-state index in [4.69, 9.17) is 5.73 Å². The molecule has 2 N–H and O–H groups in total. The average molecular weight is 227 g/mol. The number of rotatable bonds is 5. The standard InChI is InChI=1S/C12H25N3O/c1-10(2)14(3)7-5-9-15-8-4-6-11(13)12(15)16/h10-11H,4-9,13H2,1-3H3. The van der Waals surface area contributed by atoms with E-state index in [1.165, 1.54) is 0 Å². The van der Waals surface area contributed by atoms with Crippen molar-refractivity contribution in [3.05, 3.63) is 0 Å². The van der Waals surface area contributed by atoms with Crippen LogP contribution >= 0.6 is 0 Å². The fourth-order valence-electron chi connectivity index (χ4n) is 1.96. The first kappa shape index (κ1) is 13.5. The van der Waals surface area contributed by atoms with E-state index in [2.05, 4.69) is 25.8 Å².